The molecule has 1 fully saturated rings. The van der Waals surface area contributed by atoms with Crippen molar-refractivity contribution in [3.8, 4) is 0 Å². The first-order valence-electron chi connectivity index (χ1n) is 14.3. The van der Waals surface area contributed by atoms with Crippen LogP contribution >= 0.6 is 0 Å². The van der Waals surface area contributed by atoms with Crippen molar-refractivity contribution in [2.45, 2.75) is 43.8 Å². The summed E-state index contributed by atoms with van der Waals surface area (Å²) < 4.78 is 56.1. The number of H-pyrrole nitrogens is 2. The van der Waals surface area contributed by atoms with Crippen molar-refractivity contribution in [3.63, 3.8) is 0 Å². The van der Waals surface area contributed by atoms with E-state index in [0.29, 0.717) is 40.8 Å². The molecule has 44 heavy (non-hydrogen) atoms. The average Bonchev–Trinajstić information content (AvgIpc) is 3.70. The summed E-state index contributed by atoms with van der Waals surface area (Å²) >= 11 is 0. The number of aromatic nitrogens is 4. The van der Waals surface area contributed by atoms with Crippen LogP contribution in [0.1, 0.15) is 47.0 Å². The quantitative estimate of drug-likeness (QED) is 0.241. The molecule has 14 heteroatoms. The summed E-state index contributed by atoms with van der Waals surface area (Å²) in [5.74, 6) is -1.43. The lowest BCUT2D eigenvalue weighted by Gasteiger charge is -2.34. The number of halogens is 2. The number of ketones is 1. The second-order valence-electron chi connectivity index (χ2n) is 11.7. The lowest BCUT2D eigenvalue weighted by Crippen LogP contribution is -2.44. The van der Waals surface area contributed by atoms with Gasteiger partial charge in [0.2, 0.25) is 10.0 Å². The Balaban J connectivity index is 1.27. The minimum Gasteiger partial charge on any atom is -0.377 e. The molecule has 0 atom stereocenters. The number of nitrogens with zero attached hydrogens (tertiary/aromatic N) is 5. The number of likely N-dealkylation sites (N-methyl/N-ethyl adjacent to an activating group) is 1. The number of benzene rings is 2. The first-order valence-corrected chi connectivity index (χ1v) is 15.8. The highest BCUT2D eigenvalue weighted by Crippen LogP contribution is 2.43. The zero-order chi connectivity index (χ0) is 31.2. The van der Waals surface area contributed by atoms with Crippen LogP contribution in [0.25, 0.3) is 0 Å². The molecule has 6 rings (SSSR count). The maximum absolute atomic E-state index is 13.9. The fourth-order valence-corrected chi connectivity index (χ4v) is 7.65. The average molecular weight is 625 g/mol. The van der Waals surface area contributed by atoms with Crippen molar-refractivity contribution >= 4 is 27.2 Å². The molecule has 3 N–H and O–H groups in total. The fourth-order valence-electron chi connectivity index (χ4n) is 5.89. The number of aromatic amines is 2. The first-order chi connectivity index (χ1) is 20.9. The lowest BCUT2D eigenvalue weighted by atomic mass is 9.98. The molecule has 0 saturated carbocycles. The molecule has 0 spiro atoms. The maximum Gasteiger partial charge on any atom is 0.244 e. The van der Waals surface area contributed by atoms with E-state index in [9.17, 15) is 22.0 Å². The molecule has 232 valence electrons. The van der Waals surface area contributed by atoms with E-state index < -0.39 is 32.1 Å². The minimum absolute atomic E-state index is 0.0514. The van der Waals surface area contributed by atoms with E-state index >= 15 is 0 Å². The van der Waals surface area contributed by atoms with Crippen molar-refractivity contribution in [1.82, 2.24) is 29.4 Å². The Morgan fingerprint density at radius 3 is 2.48 bits per heavy atom. The first kappa shape index (κ1) is 29.9. The van der Waals surface area contributed by atoms with Crippen LogP contribution in [0.3, 0.4) is 0 Å². The Kier molecular flexibility index (Phi) is 7.76. The summed E-state index contributed by atoms with van der Waals surface area (Å²) in [5, 5.41) is 10.7. The van der Waals surface area contributed by atoms with Gasteiger partial charge in [0.25, 0.3) is 0 Å². The molecule has 0 amide bonds. The van der Waals surface area contributed by atoms with Gasteiger partial charge in [-0.1, -0.05) is 0 Å². The SMILES string of the molecule is CN1CCN(c2ccc(C(=O)Cc3[nH]nc4c3CN(S(=O)(=O)c3cc(F)cc(F)c3)C4(C)C)c(NCc3ncc[nH]3)c2)CC1. The molecule has 2 aliphatic heterocycles. The van der Waals surface area contributed by atoms with Crippen molar-refractivity contribution in [2.75, 3.05) is 43.4 Å². The standard InChI is InChI=1S/C30H34F2N8O3S/c1-30(2)29-24(18-40(30)44(42,43)22-13-19(31)12-20(32)14-22)26(36-37-29)16-27(41)23-5-4-21(39-10-8-38(3)9-11-39)15-25(23)35-17-28-33-6-7-34-28/h4-7,12-15,35H,8-11,16-18H2,1-3H3,(H,33,34)(H,36,37). The minimum atomic E-state index is -4.29. The van der Waals surface area contributed by atoms with Crippen molar-refractivity contribution in [1.29, 1.82) is 0 Å². The molecular formula is C30H34F2N8O3S. The molecule has 0 aliphatic carbocycles. The third-order valence-electron chi connectivity index (χ3n) is 8.39. The van der Waals surface area contributed by atoms with E-state index in [1.165, 1.54) is 0 Å². The zero-order valence-corrected chi connectivity index (χ0v) is 25.5. The Morgan fingerprint density at radius 2 is 1.80 bits per heavy atom. The molecule has 11 nitrogen and oxygen atoms in total. The second-order valence-corrected chi connectivity index (χ2v) is 13.6. The van der Waals surface area contributed by atoms with Crippen LogP contribution in [0.15, 0.2) is 53.7 Å². The molecule has 2 aromatic heterocycles. The zero-order valence-electron chi connectivity index (χ0n) is 24.7. The fraction of sp³-hybridized carbons (Fsp3) is 0.367. The van der Waals surface area contributed by atoms with Gasteiger partial charge in [0.1, 0.15) is 17.5 Å². The van der Waals surface area contributed by atoms with Crippen LogP contribution in [0.2, 0.25) is 0 Å². The van der Waals surface area contributed by atoms with E-state index in [1.54, 1.807) is 26.2 Å². The van der Waals surface area contributed by atoms with E-state index in [2.05, 4.69) is 42.3 Å². The van der Waals surface area contributed by atoms with E-state index in [0.717, 1.165) is 54.1 Å². The van der Waals surface area contributed by atoms with Crippen LogP contribution < -0.4 is 10.2 Å². The number of anilines is 2. The number of carbonyl (C=O) groups is 1. The Hall–Kier alpha value is -4.14. The van der Waals surface area contributed by atoms with Gasteiger partial charge in [0.15, 0.2) is 5.78 Å². The maximum atomic E-state index is 13.9. The van der Waals surface area contributed by atoms with Gasteiger partial charge in [-0.25, -0.2) is 22.2 Å². The number of Topliss-reactive ketones (excluding diaryl/α,β-unsaturated/α-hetero) is 1. The van der Waals surface area contributed by atoms with Crippen molar-refractivity contribution in [3.05, 3.63) is 88.8 Å². The molecule has 4 heterocycles. The summed E-state index contributed by atoms with van der Waals surface area (Å²) in [6.45, 7) is 7.27. The normalized spacial score (nSPS) is 17.2. The van der Waals surface area contributed by atoms with Gasteiger partial charge in [-0.2, -0.15) is 9.40 Å². The van der Waals surface area contributed by atoms with Gasteiger partial charge >= 0.3 is 0 Å². The van der Waals surface area contributed by atoms with Gasteiger partial charge in [-0.3, -0.25) is 9.89 Å². The highest BCUT2D eigenvalue weighted by atomic mass is 32.2. The van der Waals surface area contributed by atoms with Crippen LogP contribution in [-0.4, -0.2) is 76.8 Å². The van der Waals surface area contributed by atoms with Gasteiger partial charge in [0.05, 0.1) is 29.1 Å². The van der Waals surface area contributed by atoms with Crippen LogP contribution in [0.5, 0.6) is 0 Å². The summed E-state index contributed by atoms with van der Waals surface area (Å²) in [6, 6.07) is 7.96. The topological polar surface area (TPSA) is 130 Å². The largest absolute Gasteiger partial charge is 0.377 e. The number of sulfonamides is 1. The molecule has 0 radical (unpaired) electrons. The van der Waals surface area contributed by atoms with Gasteiger partial charge < -0.3 is 20.1 Å². The second kappa shape index (κ2) is 11.4. The van der Waals surface area contributed by atoms with Crippen LogP contribution in [0.4, 0.5) is 20.2 Å². The number of piperazine rings is 1. The summed E-state index contributed by atoms with van der Waals surface area (Å²) in [7, 11) is -2.20. The molecule has 4 aromatic rings. The predicted octanol–water partition coefficient (Wildman–Crippen LogP) is 3.64. The molecule has 0 unspecified atom stereocenters. The number of carbonyl (C=O) groups excluding carboxylic acids is 1. The molecule has 2 aromatic carbocycles. The molecule has 2 aliphatic rings. The third kappa shape index (κ3) is 5.60. The van der Waals surface area contributed by atoms with Crippen molar-refractivity contribution in [2.24, 2.45) is 0 Å². The number of nitrogens with one attached hydrogen (secondary N) is 3. The van der Waals surface area contributed by atoms with E-state index in [1.807, 2.05) is 18.2 Å². The number of hydrogen-bond donors (Lipinski definition) is 3. The van der Waals surface area contributed by atoms with Gasteiger partial charge in [-0.15, -0.1) is 0 Å². The lowest BCUT2D eigenvalue weighted by molar-refractivity contribution is 0.0992. The number of rotatable bonds is 9. The van der Waals surface area contributed by atoms with Crippen LogP contribution in [0, 0.1) is 11.6 Å². The van der Waals surface area contributed by atoms with Gasteiger partial charge in [-0.05, 0) is 51.2 Å². The number of hydrogen-bond acceptors (Lipinski definition) is 8. The number of imidazole rings is 1. The monoisotopic (exact) mass is 624 g/mol. The van der Waals surface area contributed by atoms with Crippen molar-refractivity contribution < 1.29 is 22.0 Å². The molecular weight excluding hydrogens is 590 g/mol. The summed E-state index contributed by atoms with van der Waals surface area (Å²) in [4.78, 5) is 25.2. The Bertz CT molecular complexity index is 1780. The summed E-state index contributed by atoms with van der Waals surface area (Å²) in [5.41, 5.74) is 2.54. The van der Waals surface area contributed by atoms with Gasteiger partial charge in [0, 0.05) is 79.4 Å². The van der Waals surface area contributed by atoms with E-state index in [-0.39, 0.29) is 18.7 Å². The summed E-state index contributed by atoms with van der Waals surface area (Å²) in [6.07, 6.45) is 3.35. The molecule has 0 bridgehead atoms. The Labute approximate surface area is 254 Å². The highest BCUT2D eigenvalue weighted by molar-refractivity contribution is 7.89. The van der Waals surface area contributed by atoms with Crippen LogP contribution in [-0.2, 0) is 35.1 Å². The third-order valence-corrected chi connectivity index (χ3v) is 10.4. The smallest absolute Gasteiger partial charge is 0.244 e. The highest BCUT2D eigenvalue weighted by Gasteiger charge is 2.48. The number of fused-ring (bicyclic) bond motifs is 1. The van der Waals surface area contributed by atoms with E-state index in [4.69, 9.17) is 0 Å². The molecule has 1 saturated heterocycles. The predicted molar refractivity (Wildman–Crippen MR) is 161 cm³/mol. The Morgan fingerprint density at radius 1 is 1.07 bits per heavy atom.